The van der Waals surface area contributed by atoms with Gasteiger partial charge in [0.15, 0.2) is 0 Å². The van der Waals surface area contributed by atoms with Gasteiger partial charge in [0.2, 0.25) is 0 Å². The van der Waals surface area contributed by atoms with Crippen molar-refractivity contribution in [2.45, 2.75) is 101 Å². The van der Waals surface area contributed by atoms with E-state index in [9.17, 15) is 14.4 Å². The summed E-state index contributed by atoms with van der Waals surface area (Å²) in [6, 6.07) is 0. The van der Waals surface area contributed by atoms with Gasteiger partial charge in [-0.15, -0.1) is 17.0 Å². The molecule has 0 aromatic carbocycles. The van der Waals surface area contributed by atoms with Crippen LogP contribution in [-0.4, -0.2) is 62.3 Å². The van der Waals surface area contributed by atoms with E-state index in [4.69, 9.17) is 14.2 Å². The second kappa shape index (κ2) is 26.7. The molecule has 0 radical (unpaired) electrons. The van der Waals surface area contributed by atoms with Gasteiger partial charge >= 0.3 is 17.9 Å². The zero-order valence-electron chi connectivity index (χ0n) is 28.8. The highest BCUT2D eigenvalue weighted by Crippen LogP contribution is 2.09. The predicted molar refractivity (Wildman–Crippen MR) is 187 cm³/mol. The van der Waals surface area contributed by atoms with E-state index in [1.54, 1.807) is 0 Å². The second-order valence-electron chi connectivity index (χ2n) is 11.8. The standard InChI is InChI=1S/C36H57NO6.BrH/c1-28(2)13-10-16-31(7)19-22-41-34(38)25-37(26-35(39)42-23-20-32(8)17-11-14-29(3)4)27-36(40)43-24-21-33(9)18-12-15-30(5)6;/h13-15,19-21H,10-12,16-18,22-27H2,1-9H3;1H. The predicted octanol–water partition coefficient (Wildman–Crippen LogP) is 8.57. The molecule has 0 saturated carbocycles. The minimum atomic E-state index is -0.529. The van der Waals surface area contributed by atoms with E-state index in [2.05, 4.69) is 59.8 Å². The normalized spacial score (nSPS) is 11.7. The summed E-state index contributed by atoms with van der Waals surface area (Å²) in [7, 11) is 0. The molecule has 0 fully saturated rings. The van der Waals surface area contributed by atoms with E-state index in [-0.39, 0.29) is 56.4 Å². The molecule has 0 aromatic rings. The first-order valence-electron chi connectivity index (χ1n) is 15.3. The van der Waals surface area contributed by atoms with Gasteiger partial charge < -0.3 is 14.2 Å². The third kappa shape index (κ3) is 28.1. The Morgan fingerprint density at radius 3 is 0.932 bits per heavy atom. The lowest BCUT2D eigenvalue weighted by atomic mass is 10.1. The monoisotopic (exact) mass is 679 g/mol. The van der Waals surface area contributed by atoms with Gasteiger partial charge in [-0.25, -0.2) is 0 Å². The number of ether oxygens (including phenoxy) is 3. The number of nitrogens with zero attached hydrogens (tertiary/aromatic N) is 1. The van der Waals surface area contributed by atoms with Crippen LogP contribution in [0.3, 0.4) is 0 Å². The molecule has 8 heteroatoms. The summed E-state index contributed by atoms with van der Waals surface area (Å²) in [6.45, 7) is 18.1. The molecule has 44 heavy (non-hydrogen) atoms. The molecule has 0 spiro atoms. The molecule has 0 aromatic heterocycles. The van der Waals surface area contributed by atoms with Gasteiger partial charge in [0, 0.05) is 0 Å². The van der Waals surface area contributed by atoms with Gasteiger partial charge in [0.25, 0.3) is 0 Å². The van der Waals surface area contributed by atoms with Crippen molar-refractivity contribution in [1.29, 1.82) is 0 Å². The second-order valence-corrected chi connectivity index (χ2v) is 11.8. The summed E-state index contributed by atoms with van der Waals surface area (Å²) in [4.78, 5) is 39.1. The van der Waals surface area contributed by atoms with E-state index in [0.29, 0.717) is 0 Å². The first-order chi connectivity index (χ1) is 20.3. The van der Waals surface area contributed by atoms with Crippen molar-refractivity contribution in [2.24, 2.45) is 0 Å². The third-order valence-electron chi connectivity index (χ3n) is 6.36. The maximum absolute atomic E-state index is 12.6. The third-order valence-corrected chi connectivity index (χ3v) is 6.36. The Hall–Kier alpha value is -2.71. The fourth-order valence-corrected chi connectivity index (χ4v) is 3.75. The maximum atomic E-state index is 12.6. The molecule has 250 valence electrons. The summed E-state index contributed by atoms with van der Waals surface area (Å²) in [5.41, 5.74) is 7.20. The molecule has 0 aliphatic rings. The average Bonchev–Trinajstić information content (AvgIpc) is 2.87. The lowest BCUT2D eigenvalue weighted by molar-refractivity contribution is -0.150. The molecule has 0 N–H and O–H groups in total. The van der Waals surface area contributed by atoms with Gasteiger partial charge in [-0.1, -0.05) is 51.7 Å². The molecule has 0 rings (SSSR count). The molecular weight excluding hydrogens is 622 g/mol. The van der Waals surface area contributed by atoms with Crippen molar-refractivity contribution in [2.75, 3.05) is 39.5 Å². The van der Waals surface area contributed by atoms with E-state index in [1.807, 2.05) is 39.0 Å². The van der Waals surface area contributed by atoms with Crippen LogP contribution in [0.15, 0.2) is 69.9 Å². The molecule has 0 unspecified atom stereocenters. The number of hydrogen-bond donors (Lipinski definition) is 0. The minimum absolute atomic E-state index is 0. The molecule has 0 bridgehead atoms. The highest BCUT2D eigenvalue weighted by Gasteiger charge is 2.20. The van der Waals surface area contributed by atoms with Crippen LogP contribution >= 0.6 is 17.0 Å². The first kappa shape index (κ1) is 43.4. The Morgan fingerprint density at radius 1 is 0.455 bits per heavy atom. The van der Waals surface area contributed by atoms with Crippen molar-refractivity contribution >= 4 is 34.9 Å². The fourth-order valence-electron chi connectivity index (χ4n) is 3.75. The van der Waals surface area contributed by atoms with Crippen LogP contribution in [0.2, 0.25) is 0 Å². The summed E-state index contributed by atoms with van der Waals surface area (Å²) >= 11 is 0. The Balaban J connectivity index is 0. The van der Waals surface area contributed by atoms with E-state index in [1.165, 1.54) is 21.6 Å². The Morgan fingerprint density at radius 2 is 0.705 bits per heavy atom. The molecule has 0 saturated heterocycles. The van der Waals surface area contributed by atoms with Crippen LogP contribution in [0, 0.1) is 0 Å². The van der Waals surface area contributed by atoms with Crippen LogP contribution in [-0.2, 0) is 28.6 Å². The largest absolute Gasteiger partial charge is 0.460 e. The van der Waals surface area contributed by atoms with Crippen LogP contribution in [0.1, 0.15) is 101 Å². The maximum Gasteiger partial charge on any atom is 0.320 e. The Bertz CT molecular complexity index is 919. The van der Waals surface area contributed by atoms with Crippen molar-refractivity contribution in [1.82, 2.24) is 4.90 Å². The van der Waals surface area contributed by atoms with Crippen molar-refractivity contribution < 1.29 is 28.6 Å². The zero-order valence-corrected chi connectivity index (χ0v) is 30.5. The fraction of sp³-hybridized carbons (Fsp3) is 0.583. The number of carbonyl (C=O) groups excluding carboxylic acids is 3. The Kier molecular flexibility index (Phi) is 26.3. The van der Waals surface area contributed by atoms with Crippen LogP contribution in [0.4, 0.5) is 0 Å². The van der Waals surface area contributed by atoms with E-state index in [0.717, 1.165) is 55.2 Å². The van der Waals surface area contributed by atoms with E-state index < -0.39 is 17.9 Å². The van der Waals surface area contributed by atoms with Crippen LogP contribution in [0.25, 0.3) is 0 Å². The number of halogens is 1. The van der Waals surface area contributed by atoms with Gasteiger partial charge in [-0.05, 0) is 119 Å². The number of carbonyl (C=O) groups is 3. The summed E-state index contributed by atoms with van der Waals surface area (Å²) in [6.07, 6.45) is 17.6. The van der Waals surface area contributed by atoms with Gasteiger partial charge in [-0.3, -0.25) is 19.3 Å². The van der Waals surface area contributed by atoms with Crippen LogP contribution < -0.4 is 0 Å². The average molecular weight is 681 g/mol. The zero-order chi connectivity index (χ0) is 32.6. The SMILES string of the molecule is Br.CC(C)=CCCC(C)=CCOC(=O)CN(CC(=O)OCC=C(C)CCC=C(C)C)CC(=O)OCC=C(C)CCC=C(C)C. The van der Waals surface area contributed by atoms with Gasteiger partial charge in [-0.2, -0.15) is 0 Å². The molecule has 0 aliphatic heterocycles. The quantitative estimate of drug-likeness (QED) is 0.0683. The van der Waals surface area contributed by atoms with Crippen LogP contribution in [0.5, 0.6) is 0 Å². The smallest absolute Gasteiger partial charge is 0.320 e. The summed E-state index contributed by atoms with van der Waals surface area (Å²) in [5.74, 6) is -1.59. The molecule has 7 nitrogen and oxygen atoms in total. The van der Waals surface area contributed by atoms with Crippen molar-refractivity contribution in [3.8, 4) is 0 Å². The van der Waals surface area contributed by atoms with Crippen molar-refractivity contribution in [3.05, 3.63) is 69.9 Å². The Labute approximate surface area is 277 Å². The number of rotatable bonds is 21. The minimum Gasteiger partial charge on any atom is -0.460 e. The first-order valence-corrected chi connectivity index (χ1v) is 15.3. The lowest BCUT2D eigenvalue weighted by Gasteiger charge is -2.19. The van der Waals surface area contributed by atoms with E-state index >= 15 is 0 Å². The van der Waals surface area contributed by atoms with Gasteiger partial charge in [0.05, 0.1) is 19.6 Å². The molecule has 0 atom stereocenters. The van der Waals surface area contributed by atoms with Crippen molar-refractivity contribution in [3.63, 3.8) is 0 Å². The topological polar surface area (TPSA) is 82.1 Å². The summed E-state index contributed by atoms with van der Waals surface area (Å²) < 4.78 is 16.1. The molecule has 0 heterocycles. The number of esters is 3. The number of hydrogen-bond acceptors (Lipinski definition) is 7. The molecule has 0 amide bonds. The highest BCUT2D eigenvalue weighted by molar-refractivity contribution is 8.93. The summed E-state index contributed by atoms with van der Waals surface area (Å²) in [5, 5.41) is 0. The molecule has 0 aliphatic carbocycles. The molecular formula is C36H58BrNO6. The highest BCUT2D eigenvalue weighted by atomic mass is 79.9. The lowest BCUT2D eigenvalue weighted by Crippen LogP contribution is -2.40. The number of allylic oxidation sites excluding steroid dienone is 9. The van der Waals surface area contributed by atoms with Gasteiger partial charge in [0.1, 0.15) is 19.8 Å².